The summed E-state index contributed by atoms with van der Waals surface area (Å²) < 4.78 is 4.62. The lowest BCUT2D eigenvalue weighted by Crippen LogP contribution is -2.50. The van der Waals surface area contributed by atoms with Gasteiger partial charge >= 0.3 is 5.97 Å². The number of nitro benzene ring substituents is 1. The van der Waals surface area contributed by atoms with Gasteiger partial charge in [-0.1, -0.05) is 0 Å². The monoisotopic (exact) mass is 481 g/mol. The summed E-state index contributed by atoms with van der Waals surface area (Å²) in [6.45, 7) is 1.80. The van der Waals surface area contributed by atoms with Crippen molar-refractivity contribution in [3.05, 3.63) is 52.1 Å². The number of nitrogens with zero attached hydrogens (tertiary/aromatic N) is 3. The second-order valence-corrected chi connectivity index (χ2v) is 8.19. The number of aromatic amines is 1. The van der Waals surface area contributed by atoms with Gasteiger partial charge in [-0.15, -0.1) is 0 Å². The van der Waals surface area contributed by atoms with Crippen molar-refractivity contribution in [2.24, 2.45) is 0 Å². The van der Waals surface area contributed by atoms with Crippen LogP contribution in [0.15, 0.2) is 36.4 Å². The average molecular weight is 481 g/mol. The number of phenols is 1. The molecule has 1 fully saturated rings. The Balaban J connectivity index is 1.60. The third-order valence-electron chi connectivity index (χ3n) is 5.91. The Morgan fingerprint density at radius 2 is 2.06 bits per heavy atom. The number of hydrogen-bond donors (Lipinski definition) is 3. The van der Waals surface area contributed by atoms with Gasteiger partial charge in [-0.2, -0.15) is 0 Å². The minimum Gasteiger partial charge on any atom is -0.507 e. The molecule has 3 N–H and O–H groups in total. The van der Waals surface area contributed by atoms with Crippen LogP contribution in [0.5, 0.6) is 5.75 Å². The fraction of sp³-hybridized carbons (Fsp3) is 0.304. The van der Waals surface area contributed by atoms with Crippen molar-refractivity contribution < 1.29 is 29.2 Å². The van der Waals surface area contributed by atoms with Crippen LogP contribution in [0.2, 0.25) is 0 Å². The zero-order chi connectivity index (χ0) is 25.3. The molecule has 35 heavy (non-hydrogen) atoms. The molecule has 2 amide bonds. The maximum atomic E-state index is 13.3. The van der Waals surface area contributed by atoms with Crippen LogP contribution < -0.4 is 5.32 Å². The van der Waals surface area contributed by atoms with E-state index in [1.807, 2.05) is 0 Å². The number of hydrogen-bond acceptors (Lipinski definition) is 8. The Morgan fingerprint density at radius 3 is 2.77 bits per heavy atom. The van der Waals surface area contributed by atoms with Crippen molar-refractivity contribution in [3.63, 3.8) is 0 Å². The van der Waals surface area contributed by atoms with E-state index < -0.39 is 34.8 Å². The number of benzene rings is 2. The number of amides is 2. The first-order chi connectivity index (χ1) is 16.7. The minimum atomic E-state index is -0.870. The molecule has 1 aliphatic heterocycles. The molecule has 1 aliphatic rings. The number of carbonyl (C=O) groups is 3. The predicted molar refractivity (Wildman–Crippen MR) is 124 cm³/mol. The molecule has 0 spiro atoms. The summed E-state index contributed by atoms with van der Waals surface area (Å²) in [4.78, 5) is 57.0. The van der Waals surface area contributed by atoms with Crippen molar-refractivity contribution in [3.8, 4) is 17.1 Å². The van der Waals surface area contributed by atoms with Crippen LogP contribution in [-0.2, 0) is 14.3 Å². The number of likely N-dealkylation sites (tertiary alicyclic amines) is 1. The molecule has 3 aromatic rings. The number of non-ortho nitro benzene ring substituents is 1. The Bertz CT molecular complexity index is 1340. The molecule has 12 nitrogen and oxygen atoms in total. The SMILES string of the molecule is COC(=O)[C@H](C)NC(=O)[C@@H]1CCCN1C(=O)c1cc(-c2nc3ccc([N+](=O)[O-])cc3[nH]2)ccc1O. The number of aromatic nitrogens is 2. The maximum Gasteiger partial charge on any atom is 0.328 e. The van der Waals surface area contributed by atoms with Crippen molar-refractivity contribution >= 4 is 34.5 Å². The number of fused-ring (bicyclic) bond motifs is 1. The van der Waals surface area contributed by atoms with Crippen molar-refractivity contribution in [2.75, 3.05) is 13.7 Å². The summed E-state index contributed by atoms with van der Waals surface area (Å²) >= 11 is 0. The number of imidazole rings is 1. The molecule has 1 aromatic heterocycles. The smallest absolute Gasteiger partial charge is 0.328 e. The van der Waals surface area contributed by atoms with Gasteiger partial charge < -0.3 is 25.0 Å². The highest BCUT2D eigenvalue weighted by molar-refractivity contribution is 6.01. The summed E-state index contributed by atoms with van der Waals surface area (Å²) in [5.74, 6) is -1.53. The van der Waals surface area contributed by atoms with E-state index in [4.69, 9.17) is 0 Å². The molecule has 2 atom stereocenters. The Hall–Kier alpha value is -4.48. The number of carbonyl (C=O) groups excluding carboxylic acids is 3. The second-order valence-electron chi connectivity index (χ2n) is 8.19. The van der Waals surface area contributed by atoms with Gasteiger partial charge in [0.25, 0.3) is 11.6 Å². The Labute approximate surface area is 199 Å². The van der Waals surface area contributed by atoms with E-state index >= 15 is 0 Å². The molecule has 2 aromatic carbocycles. The van der Waals surface area contributed by atoms with Crippen LogP contribution in [-0.4, -0.2) is 68.4 Å². The van der Waals surface area contributed by atoms with E-state index in [0.29, 0.717) is 41.8 Å². The van der Waals surface area contributed by atoms with E-state index in [1.54, 1.807) is 6.07 Å². The lowest BCUT2D eigenvalue weighted by Gasteiger charge is -2.25. The molecule has 0 unspecified atom stereocenters. The summed E-state index contributed by atoms with van der Waals surface area (Å²) in [5, 5.41) is 24.0. The van der Waals surface area contributed by atoms with Gasteiger partial charge in [0.1, 0.15) is 23.7 Å². The van der Waals surface area contributed by atoms with Gasteiger partial charge in [0, 0.05) is 24.2 Å². The third-order valence-corrected chi connectivity index (χ3v) is 5.91. The van der Waals surface area contributed by atoms with Crippen LogP contribution in [0, 0.1) is 10.1 Å². The van der Waals surface area contributed by atoms with Gasteiger partial charge in [0.15, 0.2) is 0 Å². The number of aromatic hydroxyl groups is 1. The summed E-state index contributed by atoms with van der Waals surface area (Å²) in [6.07, 6.45) is 0.994. The molecule has 0 saturated carbocycles. The number of rotatable bonds is 6. The normalized spacial score (nSPS) is 16.2. The first kappa shape index (κ1) is 23.7. The first-order valence-corrected chi connectivity index (χ1v) is 10.9. The predicted octanol–water partition coefficient (Wildman–Crippen LogP) is 2.13. The van der Waals surface area contributed by atoms with Crippen LogP contribution >= 0.6 is 0 Å². The van der Waals surface area contributed by atoms with Gasteiger partial charge in [-0.3, -0.25) is 19.7 Å². The molecular weight excluding hydrogens is 458 g/mol. The third kappa shape index (κ3) is 4.63. The van der Waals surface area contributed by atoms with E-state index in [2.05, 4.69) is 20.0 Å². The standard InChI is InChI=1S/C23H23N5O7/c1-12(23(32)35-2)24-21(30)18-4-3-9-27(18)22(31)15-10-13(5-8-19(15)29)20-25-16-7-6-14(28(33)34)11-17(16)26-20/h5-8,10-12,18,29H,3-4,9H2,1-2H3,(H,24,30)(H,25,26)/t12-,18-/m0/s1. The van der Waals surface area contributed by atoms with Crippen molar-refractivity contribution in [1.29, 1.82) is 0 Å². The highest BCUT2D eigenvalue weighted by Crippen LogP contribution is 2.30. The number of nitrogens with one attached hydrogen (secondary N) is 2. The number of methoxy groups -OCH3 is 1. The summed E-state index contributed by atoms with van der Waals surface area (Å²) in [6, 6.07) is 6.92. The minimum absolute atomic E-state index is 0.0188. The van der Waals surface area contributed by atoms with Crippen LogP contribution in [0.4, 0.5) is 5.69 Å². The molecule has 4 rings (SSSR count). The van der Waals surface area contributed by atoms with E-state index in [9.17, 15) is 29.6 Å². The van der Waals surface area contributed by atoms with Crippen LogP contribution in [0.3, 0.4) is 0 Å². The van der Waals surface area contributed by atoms with E-state index in [1.165, 1.54) is 49.3 Å². The number of phenolic OH excluding ortho intramolecular Hbond substituents is 1. The molecule has 2 heterocycles. The molecule has 1 saturated heterocycles. The summed E-state index contributed by atoms with van der Waals surface area (Å²) in [7, 11) is 1.22. The van der Waals surface area contributed by atoms with Gasteiger partial charge in [-0.05, 0) is 44.0 Å². The molecular formula is C23H23N5O7. The number of esters is 1. The maximum absolute atomic E-state index is 13.3. The molecule has 182 valence electrons. The lowest BCUT2D eigenvalue weighted by molar-refractivity contribution is -0.384. The Morgan fingerprint density at radius 1 is 1.29 bits per heavy atom. The fourth-order valence-corrected chi connectivity index (χ4v) is 4.08. The van der Waals surface area contributed by atoms with Crippen LogP contribution in [0.1, 0.15) is 30.1 Å². The van der Waals surface area contributed by atoms with E-state index in [-0.39, 0.29) is 17.0 Å². The van der Waals surface area contributed by atoms with Gasteiger partial charge in [-0.25, -0.2) is 9.78 Å². The first-order valence-electron chi connectivity index (χ1n) is 10.9. The molecule has 12 heteroatoms. The quantitative estimate of drug-likeness (QED) is 0.273. The Kier molecular flexibility index (Phi) is 6.36. The lowest BCUT2D eigenvalue weighted by atomic mass is 10.1. The number of nitro groups is 1. The van der Waals surface area contributed by atoms with Gasteiger partial charge in [0.05, 0.1) is 28.6 Å². The number of ether oxygens (including phenoxy) is 1. The van der Waals surface area contributed by atoms with Crippen molar-refractivity contribution in [1.82, 2.24) is 20.2 Å². The highest BCUT2D eigenvalue weighted by atomic mass is 16.6. The number of H-pyrrole nitrogens is 1. The van der Waals surface area contributed by atoms with Gasteiger partial charge in [0.2, 0.25) is 5.91 Å². The average Bonchev–Trinajstić information content (AvgIpc) is 3.50. The molecule has 0 bridgehead atoms. The summed E-state index contributed by atoms with van der Waals surface area (Å²) in [5.41, 5.74) is 1.32. The second kappa shape index (κ2) is 9.41. The zero-order valence-corrected chi connectivity index (χ0v) is 19.0. The molecule has 0 aliphatic carbocycles. The van der Waals surface area contributed by atoms with Crippen LogP contribution in [0.25, 0.3) is 22.4 Å². The topological polar surface area (TPSA) is 168 Å². The fourth-order valence-electron chi connectivity index (χ4n) is 4.08. The molecule has 0 radical (unpaired) electrons. The largest absolute Gasteiger partial charge is 0.507 e. The van der Waals surface area contributed by atoms with Crippen molar-refractivity contribution in [2.45, 2.75) is 31.8 Å². The highest BCUT2D eigenvalue weighted by Gasteiger charge is 2.36. The zero-order valence-electron chi connectivity index (χ0n) is 19.0. The van der Waals surface area contributed by atoms with E-state index in [0.717, 1.165) is 0 Å².